The van der Waals surface area contributed by atoms with E-state index in [0.29, 0.717) is 17.2 Å². The van der Waals surface area contributed by atoms with Crippen molar-refractivity contribution in [1.29, 1.82) is 0 Å². The Bertz CT molecular complexity index is 822. The van der Waals surface area contributed by atoms with E-state index in [1.807, 2.05) is 0 Å². The van der Waals surface area contributed by atoms with Gasteiger partial charge in [0.05, 0.1) is 21.3 Å². The van der Waals surface area contributed by atoms with E-state index in [0.717, 1.165) is 0 Å². The van der Waals surface area contributed by atoms with Gasteiger partial charge in [0.1, 0.15) is 17.1 Å². The second kappa shape index (κ2) is 8.88. The molecule has 0 aliphatic carbocycles. The minimum absolute atomic E-state index is 0.0802. The molecular weight excluding hydrogens is 357 g/mol. The molecule has 1 N–H and O–H groups in total. The fourth-order valence-corrected chi connectivity index (χ4v) is 2.24. The zero-order valence-corrected chi connectivity index (χ0v) is 15.4. The normalized spacial score (nSPS) is 11.3. The average Bonchev–Trinajstić information content (AvgIpc) is 2.68. The standard InChI is InChI=1S/C19H20FNO6/c1-11(18(22)21-13-7-5-12(20)6-8-13)27-19(23)14-9-16(25-3)17(26-4)10-15(14)24-2/h5-11H,1-4H3,(H,21,22)/t11-/m0/s1. The number of amides is 1. The molecule has 0 fully saturated rings. The number of hydrogen-bond donors (Lipinski definition) is 1. The van der Waals surface area contributed by atoms with Crippen LogP contribution in [0.15, 0.2) is 36.4 Å². The molecule has 0 bridgehead atoms. The van der Waals surface area contributed by atoms with Crippen LogP contribution in [0.1, 0.15) is 17.3 Å². The zero-order valence-electron chi connectivity index (χ0n) is 15.4. The van der Waals surface area contributed by atoms with E-state index < -0.39 is 23.8 Å². The molecule has 27 heavy (non-hydrogen) atoms. The third kappa shape index (κ3) is 4.87. The van der Waals surface area contributed by atoms with Crippen LogP contribution in [0.25, 0.3) is 0 Å². The Hall–Kier alpha value is -3.29. The summed E-state index contributed by atoms with van der Waals surface area (Å²) in [5, 5.41) is 2.54. The Morgan fingerprint density at radius 1 is 0.926 bits per heavy atom. The first-order chi connectivity index (χ1) is 12.9. The van der Waals surface area contributed by atoms with Crippen LogP contribution in [0.4, 0.5) is 10.1 Å². The summed E-state index contributed by atoms with van der Waals surface area (Å²) >= 11 is 0. The van der Waals surface area contributed by atoms with Crippen molar-refractivity contribution < 1.29 is 32.9 Å². The molecular formula is C19H20FNO6. The topological polar surface area (TPSA) is 83.1 Å². The van der Waals surface area contributed by atoms with Gasteiger partial charge in [-0.2, -0.15) is 0 Å². The van der Waals surface area contributed by atoms with Crippen LogP contribution in [0, 0.1) is 5.82 Å². The van der Waals surface area contributed by atoms with E-state index in [2.05, 4.69) is 5.32 Å². The minimum atomic E-state index is -1.10. The lowest BCUT2D eigenvalue weighted by molar-refractivity contribution is -0.123. The number of rotatable bonds is 7. The van der Waals surface area contributed by atoms with E-state index in [1.165, 1.54) is 64.7 Å². The molecule has 0 spiro atoms. The highest BCUT2D eigenvalue weighted by atomic mass is 19.1. The molecule has 2 rings (SSSR count). The highest BCUT2D eigenvalue weighted by Crippen LogP contribution is 2.35. The van der Waals surface area contributed by atoms with Gasteiger partial charge in [0.25, 0.3) is 5.91 Å². The molecule has 144 valence electrons. The van der Waals surface area contributed by atoms with Gasteiger partial charge >= 0.3 is 5.97 Å². The van der Waals surface area contributed by atoms with Crippen LogP contribution in [-0.2, 0) is 9.53 Å². The molecule has 1 amide bonds. The van der Waals surface area contributed by atoms with Gasteiger partial charge in [-0.1, -0.05) is 0 Å². The lowest BCUT2D eigenvalue weighted by atomic mass is 10.1. The quantitative estimate of drug-likeness (QED) is 0.747. The molecule has 0 saturated heterocycles. The Labute approximate surface area is 156 Å². The number of anilines is 1. The SMILES string of the molecule is COc1cc(OC)c(C(=O)O[C@@H](C)C(=O)Nc2ccc(F)cc2)cc1OC. The van der Waals surface area contributed by atoms with Gasteiger partial charge in [-0.05, 0) is 31.2 Å². The van der Waals surface area contributed by atoms with E-state index in [-0.39, 0.29) is 11.3 Å². The van der Waals surface area contributed by atoms with E-state index in [9.17, 15) is 14.0 Å². The Morgan fingerprint density at radius 3 is 2.04 bits per heavy atom. The number of nitrogens with one attached hydrogen (secondary N) is 1. The first-order valence-corrected chi connectivity index (χ1v) is 7.97. The number of benzene rings is 2. The first-order valence-electron chi connectivity index (χ1n) is 7.97. The number of ether oxygens (including phenoxy) is 4. The van der Waals surface area contributed by atoms with Crippen LogP contribution < -0.4 is 19.5 Å². The number of methoxy groups -OCH3 is 3. The molecule has 2 aromatic rings. The summed E-state index contributed by atoms with van der Waals surface area (Å²) in [7, 11) is 4.28. The summed E-state index contributed by atoms with van der Waals surface area (Å²) in [6.07, 6.45) is -1.10. The third-order valence-corrected chi connectivity index (χ3v) is 3.69. The third-order valence-electron chi connectivity index (χ3n) is 3.69. The number of carbonyl (C=O) groups excluding carboxylic acids is 2. The van der Waals surface area contributed by atoms with E-state index in [1.54, 1.807) is 0 Å². The largest absolute Gasteiger partial charge is 0.496 e. The van der Waals surface area contributed by atoms with Gasteiger partial charge < -0.3 is 24.3 Å². The molecule has 0 saturated carbocycles. The molecule has 0 aromatic heterocycles. The van der Waals surface area contributed by atoms with Crippen molar-refractivity contribution in [2.24, 2.45) is 0 Å². The summed E-state index contributed by atoms with van der Waals surface area (Å²) in [6, 6.07) is 8.11. The van der Waals surface area contributed by atoms with Gasteiger partial charge in [-0.3, -0.25) is 4.79 Å². The van der Waals surface area contributed by atoms with Crippen molar-refractivity contribution in [3.05, 3.63) is 47.8 Å². The van der Waals surface area contributed by atoms with Gasteiger partial charge in [0, 0.05) is 17.8 Å². The Balaban J connectivity index is 2.13. The van der Waals surface area contributed by atoms with Crippen LogP contribution in [0.3, 0.4) is 0 Å². The number of esters is 1. The molecule has 0 aliphatic rings. The molecule has 7 nitrogen and oxygen atoms in total. The predicted molar refractivity (Wildman–Crippen MR) is 96.0 cm³/mol. The van der Waals surface area contributed by atoms with Gasteiger partial charge in [0.2, 0.25) is 0 Å². The number of halogens is 1. The fourth-order valence-electron chi connectivity index (χ4n) is 2.24. The molecule has 0 heterocycles. The van der Waals surface area contributed by atoms with Crippen molar-refractivity contribution in [2.45, 2.75) is 13.0 Å². The average molecular weight is 377 g/mol. The molecule has 8 heteroatoms. The van der Waals surface area contributed by atoms with E-state index >= 15 is 0 Å². The summed E-state index contributed by atoms with van der Waals surface area (Å²) in [4.78, 5) is 24.7. The molecule has 0 unspecified atom stereocenters. The molecule has 0 aliphatic heterocycles. The summed E-state index contributed by atoms with van der Waals surface area (Å²) in [6.45, 7) is 1.42. The second-order valence-corrected chi connectivity index (χ2v) is 5.45. The lowest BCUT2D eigenvalue weighted by Crippen LogP contribution is -2.30. The highest BCUT2D eigenvalue weighted by Gasteiger charge is 2.23. The summed E-state index contributed by atoms with van der Waals surface area (Å²) in [5.41, 5.74) is 0.463. The van der Waals surface area contributed by atoms with Crippen LogP contribution in [0.5, 0.6) is 17.2 Å². The van der Waals surface area contributed by atoms with Crippen molar-refractivity contribution in [3.8, 4) is 17.2 Å². The maximum atomic E-state index is 12.9. The second-order valence-electron chi connectivity index (χ2n) is 5.45. The Kier molecular flexibility index (Phi) is 6.59. The smallest absolute Gasteiger partial charge is 0.342 e. The van der Waals surface area contributed by atoms with Crippen LogP contribution in [-0.4, -0.2) is 39.3 Å². The number of carbonyl (C=O) groups is 2. The maximum absolute atomic E-state index is 12.9. The van der Waals surface area contributed by atoms with Crippen LogP contribution in [0.2, 0.25) is 0 Å². The van der Waals surface area contributed by atoms with Gasteiger partial charge in [0.15, 0.2) is 17.6 Å². The van der Waals surface area contributed by atoms with Crippen molar-refractivity contribution in [1.82, 2.24) is 0 Å². The number of hydrogen-bond acceptors (Lipinski definition) is 6. The van der Waals surface area contributed by atoms with E-state index in [4.69, 9.17) is 18.9 Å². The van der Waals surface area contributed by atoms with Crippen molar-refractivity contribution in [3.63, 3.8) is 0 Å². The van der Waals surface area contributed by atoms with Crippen molar-refractivity contribution >= 4 is 17.6 Å². The Morgan fingerprint density at radius 2 is 1.48 bits per heavy atom. The molecule has 1 atom stereocenters. The van der Waals surface area contributed by atoms with Gasteiger partial charge in [-0.15, -0.1) is 0 Å². The molecule has 2 aromatic carbocycles. The predicted octanol–water partition coefficient (Wildman–Crippen LogP) is 3.04. The maximum Gasteiger partial charge on any atom is 0.342 e. The zero-order chi connectivity index (χ0) is 20.0. The fraction of sp³-hybridized carbons (Fsp3) is 0.263. The van der Waals surface area contributed by atoms with Crippen LogP contribution >= 0.6 is 0 Å². The first kappa shape index (κ1) is 20.0. The monoisotopic (exact) mass is 377 g/mol. The lowest BCUT2D eigenvalue weighted by Gasteiger charge is -2.16. The van der Waals surface area contributed by atoms with Crippen molar-refractivity contribution in [2.75, 3.05) is 26.6 Å². The highest BCUT2D eigenvalue weighted by molar-refractivity contribution is 5.98. The minimum Gasteiger partial charge on any atom is -0.496 e. The molecule has 0 radical (unpaired) electrons. The van der Waals surface area contributed by atoms with Gasteiger partial charge in [-0.25, -0.2) is 9.18 Å². The summed E-state index contributed by atoms with van der Waals surface area (Å²) in [5.74, 6) is -0.845. The summed E-state index contributed by atoms with van der Waals surface area (Å²) < 4.78 is 33.6.